The summed E-state index contributed by atoms with van der Waals surface area (Å²) in [5, 5.41) is 1.09. The lowest BCUT2D eigenvalue weighted by Crippen LogP contribution is -1.96. The van der Waals surface area contributed by atoms with Crippen molar-refractivity contribution in [3.8, 4) is 11.5 Å². The number of halogens is 2. The van der Waals surface area contributed by atoms with Crippen LogP contribution in [0.15, 0.2) is 36.4 Å². The fraction of sp³-hybridized carbons (Fsp3) is 0.143. The number of ether oxygens (including phenoxy) is 1. The van der Waals surface area contributed by atoms with Crippen LogP contribution in [0.25, 0.3) is 0 Å². The first-order valence-electron chi connectivity index (χ1n) is 5.52. The fourth-order valence-electron chi connectivity index (χ4n) is 1.56. The Morgan fingerprint density at radius 3 is 2.17 bits per heavy atom. The Kier molecular flexibility index (Phi) is 4.12. The van der Waals surface area contributed by atoms with E-state index >= 15 is 0 Å². The van der Waals surface area contributed by atoms with E-state index in [2.05, 4.69) is 0 Å². The van der Waals surface area contributed by atoms with Crippen molar-refractivity contribution in [1.82, 2.24) is 0 Å². The summed E-state index contributed by atoms with van der Waals surface area (Å²) >= 11 is 12.2. The van der Waals surface area contributed by atoms with Gasteiger partial charge in [0, 0.05) is 6.54 Å². The van der Waals surface area contributed by atoms with Gasteiger partial charge in [-0.25, -0.2) is 0 Å². The first-order chi connectivity index (χ1) is 8.60. The Balaban J connectivity index is 2.28. The van der Waals surface area contributed by atoms with Gasteiger partial charge in [0.25, 0.3) is 0 Å². The number of hydrogen-bond acceptors (Lipinski definition) is 2. The van der Waals surface area contributed by atoms with E-state index in [1.807, 2.05) is 31.2 Å². The first-order valence-corrected chi connectivity index (χ1v) is 6.28. The summed E-state index contributed by atoms with van der Waals surface area (Å²) < 4.78 is 5.69. The molecule has 18 heavy (non-hydrogen) atoms. The van der Waals surface area contributed by atoms with E-state index < -0.39 is 0 Å². The third-order valence-corrected chi connectivity index (χ3v) is 3.13. The zero-order valence-electron chi connectivity index (χ0n) is 9.91. The van der Waals surface area contributed by atoms with Gasteiger partial charge in [-0.15, -0.1) is 0 Å². The third kappa shape index (κ3) is 2.96. The lowest BCUT2D eigenvalue weighted by atomic mass is 10.2. The van der Waals surface area contributed by atoms with Gasteiger partial charge in [-0.1, -0.05) is 35.3 Å². The summed E-state index contributed by atoms with van der Waals surface area (Å²) in [6.45, 7) is 2.42. The zero-order chi connectivity index (χ0) is 13.1. The van der Waals surface area contributed by atoms with Crippen LogP contribution in [0, 0.1) is 6.92 Å². The van der Waals surface area contributed by atoms with Crippen molar-refractivity contribution in [2.75, 3.05) is 0 Å². The van der Waals surface area contributed by atoms with Crippen molar-refractivity contribution < 1.29 is 4.74 Å². The van der Waals surface area contributed by atoms with E-state index in [-0.39, 0.29) is 0 Å². The highest BCUT2D eigenvalue weighted by Crippen LogP contribution is 2.34. The fourth-order valence-corrected chi connectivity index (χ4v) is 2.08. The Hall–Kier alpha value is -1.22. The summed E-state index contributed by atoms with van der Waals surface area (Å²) in [6, 6.07) is 11.1. The van der Waals surface area contributed by atoms with E-state index in [4.69, 9.17) is 33.7 Å². The van der Waals surface area contributed by atoms with Gasteiger partial charge in [0.2, 0.25) is 0 Å². The van der Waals surface area contributed by atoms with Gasteiger partial charge in [-0.2, -0.15) is 0 Å². The smallest absolute Gasteiger partial charge is 0.146 e. The topological polar surface area (TPSA) is 35.2 Å². The van der Waals surface area contributed by atoms with Gasteiger partial charge in [-0.05, 0) is 42.3 Å². The molecule has 0 saturated carbocycles. The summed E-state index contributed by atoms with van der Waals surface area (Å²) in [5.74, 6) is 1.16. The molecule has 2 nitrogen and oxygen atoms in total. The van der Waals surface area contributed by atoms with Crippen LogP contribution in [-0.2, 0) is 6.54 Å². The Morgan fingerprint density at radius 2 is 1.61 bits per heavy atom. The maximum absolute atomic E-state index is 6.12. The van der Waals surface area contributed by atoms with E-state index in [1.54, 1.807) is 12.1 Å². The molecule has 0 heterocycles. The minimum Gasteiger partial charge on any atom is -0.454 e. The number of aryl methyl sites for hydroxylation is 1. The highest BCUT2D eigenvalue weighted by atomic mass is 35.5. The molecule has 2 aromatic carbocycles. The van der Waals surface area contributed by atoms with Gasteiger partial charge in [-0.3, -0.25) is 0 Å². The van der Waals surface area contributed by atoms with Crippen LogP contribution in [0.5, 0.6) is 11.5 Å². The van der Waals surface area contributed by atoms with Crippen LogP contribution in [0.2, 0.25) is 10.0 Å². The molecule has 0 amide bonds. The predicted octanol–water partition coefficient (Wildman–Crippen LogP) is 4.55. The summed E-state index contributed by atoms with van der Waals surface area (Å²) in [6.07, 6.45) is 0. The molecule has 2 aromatic rings. The highest BCUT2D eigenvalue weighted by molar-refractivity contribution is 6.33. The SMILES string of the molecule is Cc1ccc(Oc2ccc(CN)cc2Cl)c(Cl)c1. The number of rotatable bonds is 3. The molecule has 0 aliphatic rings. The standard InChI is InChI=1S/C14H13Cl2NO/c1-9-2-4-13(11(15)6-9)18-14-5-3-10(8-17)7-12(14)16/h2-7H,8,17H2,1H3. The maximum Gasteiger partial charge on any atom is 0.146 e. The molecule has 0 bridgehead atoms. The molecule has 4 heteroatoms. The molecule has 0 fully saturated rings. The van der Waals surface area contributed by atoms with Crippen molar-refractivity contribution in [2.24, 2.45) is 5.73 Å². The molecule has 0 saturated heterocycles. The molecule has 2 N–H and O–H groups in total. The lowest BCUT2D eigenvalue weighted by molar-refractivity contribution is 0.483. The van der Waals surface area contributed by atoms with Crippen molar-refractivity contribution in [3.05, 3.63) is 57.6 Å². The molecular weight excluding hydrogens is 269 g/mol. The van der Waals surface area contributed by atoms with Crippen LogP contribution >= 0.6 is 23.2 Å². The third-order valence-electron chi connectivity index (χ3n) is 2.54. The molecular formula is C14H13Cl2NO. The Labute approximate surface area is 116 Å². The van der Waals surface area contributed by atoms with Gasteiger partial charge in [0.1, 0.15) is 11.5 Å². The van der Waals surface area contributed by atoms with Crippen LogP contribution in [0.4, 0.5) is 0 Å². The number of benzene rings is 2. The molecule has 2 rings (SSSR count). The van der Waals surface area contributed by atoms with E-state index in [0.717, 1.165) is 11.1 Å². The second-order valence-corrected chi connectivity index (χ2v) is 4.82. The normalized spacial score (nSPS) is 10.4. The van der Waals surface area contributed by atoms with Gasteiger partial charge < -0.3 is 10.5 Å². The van der Waals surface area contributed by atoms with Gasteiger partial charge in [0.15, 0.2) is 0 Å². The van der Waals surface area contributed by atoms with Gasteiger partial charge in [0.05, 0.1) is 10.0 Å². The molecule has 0 spiro atoms. The molecule has 0 radical (unpaired) electrons. The zero-order valence-corrected chi connectivity index (χ0v) is 11.4. The number of hydrogen-bond donors (Lipinski definition) is 1. The highest BCUT2D eigenvalue weighted by Gasteiger charge is 2.07. The van der Waals surface area contributed by atoms with Crippen LogP contribution in [-0.4, -0.2) is 0 Å². The summed E-state index contributed by atoms with van der Waals surface area (Å²) in [5.41, 5.74) is 7.58. The van der Waals surface area contributed by atoms with E-state index in [9.17, 15) is 0 Å². The van der Waals surface area contributed by atoms with Crippen LogP contribution in [0.3, 0.4) is 0 Å². The average molecular weight is 282 g/mol. The molecule has 0 aliphatic heterocycles. The molecule has 94 valence electrons. The largest absolute Gasteiger partial charge is 0.454 e. The molecule has 0 atom stereocenters. The predicted molar refractivity (Wildman–Crippen MR) is 75.6 cm³/mol. The van der Waals surface area contributed by atoms with Crippen molar-refractivity contribution in [1.29, 1.82) is 0 Å². The molecule has 0 unspecified atom stereocenters. The maximum atomic E-state index is 6.12. The van der Waals surface area contributed by atoms with Crippen molar-refractivity contribution >= 4 is 23.2 Å². The minimum absolute atomic E-state index is 0.450. The first kappa shape index (κ1) is 13.2. The molecule has 0 aliphatic carbocycles. The molecule has 0 aromatic heterocycles. The van der Waals surface area contributed by atoms with E-state index in [1.165, 1.54) is 0 Å². The van der Waals surface area contributed by atoms with Crippen LogP contribution in [0.1, 0.15) is 11.1 Å². The number of nitrogens with two attached hydrogens (primary N) is 1. The summed E-state index contributed by atoms with van der Waals surface area (Å²) in [7, 11) is 0. The van der Waals surface area contributed by atoms with Crippen LogP contribution < -0.4 is 10.5 Å². The minimum atomic E-state index is 0.450. The second-order valence-electron chi connectivity index (χ2n) is 4.00. The average Bonchev–Trinajstić information content (AvgIpc) is 2.34. The quantitative estimate of drug-likeness (QED) is 0.896. The van der Waals surface area contributed by atoms with Crippen molar-refractivity contribution in [2.45, 2.75) is 13.5 Å². The Morgan fingerprint density at radius 1 is 1.00 bits per heavy atom. The monoisotopic (exact) mass is 281 g/mol. The summed E-state index contributed by atoms with van der Waals surface area (Å²) in [4.78, 5) is 0. The Bertz CT molecular complexity index is 570. The van der Waals surface area contributed by atoms with Crippen molar-refractivity contribution in [3.63, 3.8) is 0 Å². The van der Waals surface area contributed by atoms with E-state index in [0.29, 0.717) is 28.1 Å². The van der Waals surface area contributed by atoms with Gasteiger partial charge >= 0.3 is 0 Å². The second kappa shape index (κ2) is 5.61. The lowest BCUT2D eigenvalue weighted by Gasteiger charge is -2.10.